The molecule has 0 aliphatic heterocycles. The van der Waals surface area contributed by atoms with E-state index in [0.29, 0.717) is 10.6 Å². The predicted octanol–water partition coefficient (Wildman–Crippen LogP) is 4.44. The molecular formula is C21H24N4OS. The molecule has 0 saturated heterocycles. The highest BCUT2D eigenvalue weighted by molar-refractivity contribution is 7.71. The Morgan fingerprint density at radius 3 is 2.56 bits per heavy atom. The van der Waals surface area contributed by atoms with Gasteiger partial charge in [0.1, 0.15) is 6.54 Å². The Hall–Kier alpha value is -2.73. The van der Waals surface area contributed by atoms with Crippen LogP contribution in [0, 0.1) is 18.6 Å². The first-order chi connectivity index (χ1) is 12.9. The lowest BCUT2D eigenvalue weighted by Gasteiger charge is -2.26. The van der Waals surface area contributed by atoms with Gasteiger partial charge in [-0.25, -0.2) is 0 Å². The predicted molar refractivity (Wildman–Crippen MR) is 110 cm³/mol. The summed E-state index contributed by atoms with van der Waals surface area (Å²) >= 11 is 5.36. The molecule has 0 radical (unpaired) electrons. The molecule has 2 aromatic carbocycles. The van der Waals surface area contributed by atoms with Gasteiger partial charge in [0.25, 0.3) is 0 Å². The Morgan fingerprint density at radius 2 is 1.89 bits per heavy atom. The monoisotopic (exact) mass is 380 g/mol. The van der Waals surface area contributed by atoms with E-state index in [9.17, 15) is 4.79 Å². The molecule has 0 saturated carbocycles. The van der Waals surface area contributed by atoms with Gasteiger partial charge in [-0.3, -0.25) is 14.5 Å². The van der Waals surface area contributed by atoms with Gasteiger partial charge >= 0.3 is 0 Å². The van der Waals surface area contributed by atoms with Crippen LogP contribution in [0.25, 0.3) is 11.4 Å². The van der Waals surface area contributed by atoms with E-state index >= 15 is 0 Å². The summed E-state index contributed by atoms with van der Waals surface area (Å²) in [4.78, 5) is 14.7. The molecular weight excluding hydrogens is 356 g/mol. The van der Waals surface area contributed by atoms with Crippen LogP contribution >= 0.6 is 12.2 Å². The molecule has 0 spiro atoms. The molecule has 3 rings (SSSR count). The third-order valence-electron chi connectivity index (χ3n) is 4.86. The highest BCUT2D eigenvalue weighted by Gasteiger charge is 2.20. The van der Waals surface area contributed by atoms with Crippen molar-refractivity contribution in [2.45, 2.75) is 33.4 Å². The Labute approximate surface area is 164 Å². The van der Waals surface area contributed by atoms with E-state index in [-0.39, 0.29) is 18.5 Å². The van der Waals surface area contributed by atoms with Gasteiger partial charge in [0.2, 0.25) is 5.91 Å². The number of H-pyrrole nitrogens is 1. The second-order valence-electron chi connectivity index (χ2n) is 6.90. The maximum absolute atomic E-state index is 12.9. The molecule has 0 bridgehead atoms. The van der Waals surface area contributed by atoms with Gasteiger partial charge in [-0.15, -0.1) is 0 Å². The van der Waals surface area contributed by atoms with Crippen molar-refractivity contribution in [3.8, 4) is 11.4 Å². The van der Waals surface area contributed by atoms with Gasteiger partial charge in [-0.2, -0.15) is 5.10 Å². The van der Waals surface area contributed by atoms with Gasteiger partial charge in [-0.1, -0.05) is 53.6 Å². The van der Waals surface area contributed by atoms with Crippen LogP contribution in [-0.2, 0) is 11.3 Å². The summed E-state index contributed by atoms with van der Waals surface area (Å²) in [5.74, 6) is 0.655. The van der Waals surface area contributed by atoms with Gasteiger partial charge in [0.05, 0.1) is 6.04 Å². The number of aromatic amines is 1. The van der Waals surface area contributed by atoms with Crippen LogP contribution < -0.4 is 0 Å². The zero-order chi connectivity index (χ0) is 19.6. The third-order valence-corrected chi connectivity index (χ3v) is 5.17. The first-order valence-electron chi connectivity index (χ1n) is 8.91. The zero-order valence-corrected chi connectivity index (χ0v) is 16.9. The Balaban J connectivity index is 1.83. The maximum Gasteiger partial charge on any atom is 0.242 e. The molecule has 1 N–H and O–H groups in total. The maximum atomic E-state index is 12.9. The van der Waals surface area contributed by atoms with Crippen molar-refractivity contribution in [2.24, 2.45) is 0 Å². The highest BCUT2D eigenvalue weighted by Crippen LogP contribution is 2.22. The molecule has 27 heavy (non-hydrogen) atoms. The van der Waals surface area contributed by atoms with Crippen molar-refractivity contribution < 1.29 is 4.79 Å². The molecule has 6 heteroatoms. The summed E-state index contributed by atoms with van der Waals surface area (Å²) in [5, 5.41) is 7.14. The molecule has 1 unspecified atom stereocenters. The topological polar surface area (TPSA) is 53.9 Å². The summed E-state index contributed by atoms with van der Waals surface area (Å²) in [6.45, 7) is 6.25. The number of benzene rings is 2. The lowest BCUT2D eigenvalue weighted by Crippen LogP contribution is -2.32. The first-order valence-corrected chi connectivity index (χ1v) is 9.32. The standard InChI is InChI=1S/C21H24N4OS/c1-14-8-10-17(11-9-14)16(3)24(4)19(26)13-25-20(22-23-21(25)27)18-7-5-6-15(2)12-18/h5-12,16H,13H2,1-4H3,(H,23,27). The van der Waals surface area contributed by atoms with Crippen molar-refractivity contribution in [3.05, 3.63) is 70.0 Å². The van der Waals surface area contributed by atoms with Crippen molar-refractivity contribution in [1.82, 2.24) is 19.7 Å². The molecule has 0 aliphatic rings. The second-order valence-corrected chi connectivity index (χ2v) is 7.29. The van der Waals surface area contributed by atoms with E-state index in [1.165, 1.54) is 5.56 Å². The lowest BCUT2D eigenvalue weighted by molar-refractivity contribution is -0.132. The number of hydrogen-bond donors (Lipinski definition) is 1. The number of carbonyl (C=O) groups is 1. The Bertz CT molecular complexity index is 1000. The highest BCUT2D eigenvalue weighted by atomic mass is 32.1. The van der Waals surface area contributed by atoms with Gasteiger partial charge in [-0.05, 0) is 44.6 Å². The number of rotatable bonds is 5. The normalized spacial score (nSPS) is 12.0. The van der Waals surface area contributed by atoms with Crippen molar-refractivity contribution in [1.29, 1.82) is 0 Å². The third kappa shape index (κ3) is 4.17. The van der Waals surface area contributed by atoms with Crippen LogP contribution in [0.2, 0.25) is 0 Å². The Kier molecular flexibility index (Phi) is 5.56. The number of nitrogens with zero attached hydrogens (tertiary/aromatic N) is 3. The number of amides is 1. The summed E-state index contributed by atoms with van der Waals surface area (Å²) in [5.41, 5.74) is 4.37. The number of carbonyl (C=O) groups excluding carboxylic acids is 1. The summed E-state index contributed by atoms with van der Waals surface area (Å²) < 4.78 is 2.20. The first kappa shape index (κ1) is 19.0. The van der Waals surface area contributed by atoms with E-state index in [4.69, 9.17) is 12.2 Å². The van der Waals surface area contributed by atoms with Gasteiger partial charge in [0, 0.05) is 12.6 Å². The molecule has 1 atom stereocenters. The second kappa shape index (κ2) is 7.88. The van der Waals surface area contributed by atoms with Crippen molar-refractivity contribution >= 4 is 18.1 Å². The molecule has 0 aliphatic carbocycles. The van der Waals surface area contributed by atoms with Crippen molar-refractivity contribution in [2.75, 3.05) is 7.05 Å². The minimum absolute atomic E-state index is 0.0190. The summed E-state index contributed by atoms with van der Waals surface area (Å²) in [6, 6.07) is 16.2. The average Bonchev–Trinajstić information content (AvgIpc) is 3.01. The molecule has 5 nitrogen and oxygen atoms in total. The lowest BCUT2D eigenvalue weighted by atomic mass is 10.1. The quantitative estimate of drug-likeness (QED) is 0.666. The van der Waals surface area contributed by atoms with Gasteiger partial charge < -0.3 is 4.90 Å². The largest absolute Gasteiger partial charge is 0.337 e. The summed E-state index contributed by atoms with van der Waals surface area (Å²) in [7, 11) is 1.82. The molecule has 0 fully saturated rings. The van der Waals surface area contributed by atoms with Crippen LogP contribution in [0.15, 0.2) is 48.5 Å². The summed E-state index contributed by atoms with van der Waals surface area (Å²) in [6.07, 6.45) is 0. The van der Waals surface area contributed by atoms with Crippen LogP contribution in [0.1, 0.15) is 29.7 Å². The van der Waals surface area contributed by atoms with Crippen LogP contribution in [-0.4, -0.2) is 32.6 Å². The fourth-order valence-corrected chi connectivity index (χ4v) is 3.20. The van der Waals surface area contributed by atoms with Crippen molar-refractivity contribution in [3.63, 3.8) is 0 Å². The van der Waals surface area contributed by atoms with Crippen LogP contribution in [0.4, 0.5) is 0 Å². The van der Waals surface area contributed by atoms with E-state index in [1.807, 2.05) is 45.2 Å². The van der Waals surface area contributed by atoms with Crippen LogP contribution in [0.3, 0.4) is 0 Å². The van der Waals surface area contributed by atoms with E-state index in [1.54, 1.807) is 9.47 Å². The van der Waals surface area contributed by atoms with Gasteiger partial charge in [0.15, 0.2) is 10.6 Å². The molecule has 140 valence electrons. The molecule has 1 aromatic heterocycles. The molecule has 1 amide bonds. The number of likely N-dealkylation sites (N-methyl/N-ethyl adjacent to an activating group) is 1. The zero-order valence-electron chi connectivity index (χ0n) is 16.1. The van der Waals surface area contributed by atoms with E-state index in [2.05, 4.69) is 41.4 Å². The average molecular weight is 381 g/mol. The number of nitrogens with one attached hydrogen (secondary N) is 1. The van der Waals surface area contributed by atoms with Crippen LogP contribution in [0.5, 0.6) is 0 Å². The van der Waals surface area contributed by atoms with E-state index < -0.39 is 0 Å². The Morgan fingerprint density at radius 1 is 1.19 bits per heavy atom. The van der Waals surface area contributed by atoms with E-state index in [0.717, 1.165) is 16.7 Å². The minimum Gasteiger partial charge on any atom is -0.337 e. The number of hydrogen-bond acceptors (Lipinski definition) is 3. The smallest absolute Gasteiger partial charge is 0.242 e. The fraction of sp³-hybridized carbons (Fsp3) is 0.286. The molecule has 3 aromatic rings. The fourth-order valence-electron chi connectivity index (χ4n) is 3.00. The SMILES string of the molecule is Cc1ccc(C(C)N(C)C(=O)Cn2c(-c3cccc(C)c3)n[nH]c2=S)cc1. The number of aryl methyl sites for hydroxylation is 2. The minimum atomic E-state index is -0.0263. The number of aromatic nitrogens is 3. The molecule has 1 heterocycles.